The molecule has 0 radical (unpaired) electrons. The first-order valence-corrected chi connectivity index (χ1v) is 4.24. The van der Waals surface area contributed by atoms with Crippen molar-refractivity contribution >= 4 is 34.1 Å². The van der Waals surface area contributed by atoms with Crippen molar-refractivity contribution < 1.29 is 0 Å². The number of nitrogens with zero attached hydrogens (tertiary/aromatic N) is 1. The minimum absolute atomic E-state index is 0.411. The summed E-state index contributed by atoms with van der Waals surface area (Å²) in [7, 11) is 0. The van der Waals surface area contributed by atoms with E-state index in [1.807, 2.05) is 13.0 Å². The van der Waals surface area contributed by atoms with Crippen molar-refractivity contribution in [3.8, 4) is 0 Å². The molecule has 0 fully saturated rings. The van der Waals surface area contributed by atoms with Crippen molar-refractivity contribution in [2.75, 3.05) is 0 Å². The van der Waals surface area contributed by atoms with Crippen LogP contribution in [0.15, 0.2) is 12.1 Å². The Morgan fingerprint density at radius 3 is 2.83 bits per heavy atom. The largest absolute Gasteiger partial charge is 0.358 e. The Balaban J connectivity index is 2.88. The molecule has 2 nitrogen and oxygen atoms in total. The van der Waals surface area contributed by atoms with Gasteiger partial charge in [-0.15, -0.1) is 0 Å². The maximum absolute atomic E-state index is 5.86. The number of rotatable bonds is 0. The average Bonchev–Trinajstić information content (AvgIpc) is 2.29. The van der Waals surface area contributed by atoms with Gasteiger partial charge in [0.25, 0.3) is 0 Å². The number of pyridine rings is 1. The monoisotopic (exact) mass is 200 g/mol. The highest BCUT2D eigenvalue weighted by Crippen LogP contribution is 2.24. The minimum Gasteiger partial charge on any atom is -0.358 e. The summed E-state index contributed by atoms with van der Waals surface area (Å²) in [6.07, 6.45) is 0. The molecule has 0 unspecified atom stereocenters. The van der Waals surface area contributed by atoms with Gasteiger partial charge in [0, 0.05) is 11.1 Å². The molecule has 2 rings (SSSR count). The van der Waals surface area contributed by atoms with Gasteiger partial charge < -0.3 is 4.98 Å². The van der Waals surface area contributed by atoms with E-state index in [0.717, 1.165) is 16.6 Å². The maximum atomic E-state index is 5.86. The number of hydrogen-bond acceptors (Lipinski definition) is 1. The van der Waals surface area contributed by atoms with Crippen molar-refractivity contribution in [2.24, 2.45) is 0 Å². The van der Waals surface area contributed by atoms with Crippen molar-refractivity contribution in [3.05, 3.63) is 28.1 Å². The van der Waals surface area contributed by atoms with E-state index in [9.17, 15) is 0 Å². The van der Waals surface area contributed by atoms with Gasteiger partial charge in [-0.05, 0) is 19.1 Å². The fourth-order valence-corrected chi connectivity index (χ4v) is 1.68. The third kappa shape index (κ3) is 1.17. The number of nitrogens with one attached hydrogen (secondary N) is 1. The van der Waals surface area contributed by atoms with Crippen molar-refractivity contribution in [2.45, 2.75) is 6.92 Å². The zero-order chi connectivity index (χ0) is 8.72. The first-order valence-electron chi connectivity index (χ1n) is 3.48. The molecular formula is C8H6Cl2N2. The molecular weight excluding hydrogens is 195 g/mol. The molecule has 0 aliphatic heterocycles. The molecule has 4 heteroatoms. The topological polar surface area (TPSA) is 28.7 Å². The van der Waals surface area contributed by atoms with Crippen LogP contribution in [0.2, 0.25) is 10.3 Å². The molecule has 0 saturated heterocycles. The summed E-state index contributed by atoms with van der Waals surface area (Å²) in [5.41, 5.74) is 1.98. The van der Waals surface area contributed by atoms with Crippen molar-refractivity contribution in [1.29, 1.82) is 0 Å². The predicted octanol–water partition coefficient (Wildman–Crippen LogP) is 3.18. The van der Waals surface area contributed by atoms with E-state index in [0.29, 0.717) is 10.3 Å². The van der Waals surface area contributed by atoms with Gasteiger partial charge in [-0.1, -0.05) is 23.2 Å². The fraction of sp³-hybridized carbons (Fsp3) is 0.125. The molecule has 0 saturated carbocycles. The van der Waals surface area contributed by atoms with Crippen LogP contribution < -0.4 is 0 Å². The number of H-pyrrole nitrogens is 1. The first kappa shape index (κ1) is 7.90. The molecule has 12 heavy (non-hydrogen) atoms. The molecule has 0 spiro atoms. The molecule has 0 aliphatic rings. The lowest BCUT2D eigenvalue weighted by Crippen LogP contribution is -1.77. The lowest BCUT2D eigenvalue weighted by Gasteiger charge is -1.93. The normalized spacial score (nSPS) is 10.9. The lowest BCUT2D eigenvalue weighted by atomic mass is 10.3. The quantitative estimate of drug-likeness (QED) is 0.651. The van der Waals surface area contributed by atoms with Gasteiger partial charge >= 0.3 is 0 Å². The number of halogens is 2. The zero-order valence-electron chi connectivity index (χ0n) is 6.36. The van der Waals surface area contributed by atoms with Crippen LogP contribution in [0.1, 0.15) is 5.69 Å². The second kappa shape index (κ2) is 2.64. The van der Waals surface area contributed by atoms with E-state index in [4.69, 9.17) is 23.2 Å². The number of fused-ring (bicyclic) bond motifs is 1. The van der Waals surface area contributed by atoms with Crippen LogP contribution in [0, 0.1) is 6.92 Å². The summed E-state index contributed by atoms with van der Waals surface area (Å²) in [4.78, 5) is 7.06. The van der Waals surface area contributed by atoms with Crippen LogP contribution >= 0.6 is 23.2 Å². The molecule has 1 N–H and O–H groups in total. The Bertz CT molecular complexity index is 434. The van der Waals surface area contributed by atoms with Crippen molar-refractivity contribution in [3.63, 3.8) is 0 Å². The molecule has 0 aliphatic carbocycles. The Morgan fingerprint density at radius 2 is 2.08 bits per heavy atom. The van der Waals surface area contributed by atoms with Gasteiger partial charge in [0.1, 0.15) is 10.3 Å². The van der Waals surface area contributed by atoms with Gasteiger partial charge in [-0.3, -0.25) is 0 Å². The summed E-state index contributed by atoms with van der Waals surface area (Å²) >= 11 is 11.6. The third-order valence-corrected chi connectivity index (χ3v) is 2.16. The first-order chi connectivity index (χ1) is 5.66. The molecule has 2 aromatic rings. The highest BCUT2D eigenvalue weighted by atomic mass is 35.5. The van der Waals surface area contributed by atoms with Crippen LogP contribution in [-0.4, -0.2) is 9.97 Å². The molecule has 0 atom stereocenters. The molecule has 0 amide bonds. The highest BCUT2D eigenvalue weighted by Gasteiger charge is 2.04. The Labute approximate surface area is 79.5 Å². The summed E-state index contributed by atoms with van der Waals surface area (Å²) in [6.45, 7) is 1.96. The van der Waals surface area contributed by atoms with E-state index >= 15 is 0 Å². The zero-order valence-corrected chi connectivity index (χ0v) is 7.87. The Morgan fingerprint density at radius 1 is 1.33 bits per heavy atom. The number of aromatic nitrogens is 2. The van der Waals surface area contributed by atoms with Crippen LogP contribution in [0.25, 0.3) is 10.9 Å². The average molecular weight is 201 g/mol. The Kier molecular flexibility index (Phi) is 1.74. The smallest absolute Gasteiger partial charge is 0.140 e. The van der Waals surface area contributed by atoms with Gasteiger partial charge in [-0.25, -0.2) is 4.98 Å². The van der Waals surface area contributed by atoms with E-state index in [1.165, 1.54) is 0 Å². The lowest BCUT2D eigenvalue weighted by molar-refractivity contribution is 1.29. The van der Waals surface area contributed by atoms with E-state index in [-0.39, 0.29) is 0 Å². The van der Waals surface area contributed by atoms with Gasteiger partial charge in [0.2, 0.25) is 0 Å². The van der Waals surface area contributed by atoms with Gasteiger partial charge in [0.15, 0.2) is 0 Å². The standard InChI is InChI=1S/C8H6Cl2N2/c1-4-2-5-6(11-4)3-7(9)12-8(5)10/h2-3,11H,1H3. The SMILES string of the molecule is Cc1cc2c(Cl)nc(Cl)cc2[nH]1. The van der Waals surface area contributed by atoms with Gasteiger partial charge in [0.05, 0.1) is 5.52 Å². The fourth-order valence-electron chi connectivity index (χ4n) is 1.20. The number of aryl methyl sites for hydroxylation is 1. The summed E-state index contributed by atoms with van der Waals surface area (Å²) in [5, 5.41) is 1.77. The predicted molar refractivity (Wildman–Crippen MR) is 50.9 cm³/mol. The summed E-state index contributed by atoms with van der Waals surface area (Å²) in [6, 6.07) is 3.71. The third-order valence-electron chi connectivity index (χ3n) is 1.67. The highest BCUT2D eigenvalue weighted by molar-refractivity contribution is 6.36. The molecule has 2 aromatic heterocycles. The molecule has 62 valence electrons. The van der Waals surface area contributed by atoms with E-state index in [2.05, 4.69) is 9.97 Å². The van der Waals surface area contributed by atoms with Crippen LogP contribution in [0.5, 0.6) is 0 Å². The summed E-state index contributed by atoms with van der Waals surface area (Å²) < 4.78 is 0. The Hall–Kier alpha value is -0.730. The van der Waals surface area contributed by atoms with E-state index in [1.54, 1.807) is 6.07 Å². The van der Waals surface area contributed by atoms with Crippen LogP contribution in [0.4, 0.5) is 0 Å². The minimum atomic E-state index is 0.411. The molecule has 0 bridgehead atoms. The number of aromatic amines is 1. The second-order valence-corrected chi connectivity index (χ2v) is 3.39. The van der Waals surface area contributed by atoms with Gasteiger partial charge in [-0.2, -0.15) is 0 Å². The molecule has 2 heterocycles. The van der Waals surface area contributed by atoms with Crippen molar-refractivity contribution in [1.82, 2.24) is 9.97 Å². The van der Waals surface area contributed by atoms with E-state index < -0.39 is 0 Å². The number of hydrogen-bond donors (Lipinski definition) is 1. The van der Waals surface area contributed by atoms with Crippen LogP contribution in [0.3, 0.4) is 0 Å². The molecule has 0 aromatic carbocycles. The van der Waals surface area contributed by atoms with Crippen LogP contribution in [-0.2, 0) is 0 Å². The second-order valence-electron chi connectivity index (χ2n) is 2.65. The summed E-state index contributed by atoms with van der Waals surface area (Å²) in [5.74, 6) is 0. The maximum Gasteiger partial charge on any atom is 0.140 e.